The first-order chi connectivity index (χ1) is 14.2. The Morgan fingerprint density at radius 2 is 1.79 bits per heavy atom. The molecule has 4 aromatic rings. The molecule has 1 aromatic heterocycles. The van der Waals surface area contributed by atoms with Gasteiger partial charge in [0.25, 0.3) is 5.91 Å². The number of amides is 1. The van der Waals surface area contributed by atoms with E-state index in [1.54, 1.807) is 18.7 Å². The Hall–Kier alpha value is -2.90. The Morgan fingerprint density at radius 3 is 2.66 bits per heavy atom. The minimum absolute atomic E-state index is 0.256. The summed E-state index contributed by atoms with van der Waals surface area (Å²) in [5.74, 6) is 1.24. The Labute approximate surface area is 177 Å². The summed E-state index contributed by atoms with van der Waals surface area (Å²) in [6, 6.07) is 23.9. The van der Waals surface area contributed by atoms with Crippen LogP contribution in [0.15, 0.2) is 77.1 Å². The number of benzene rings is 3. The van der Waals surface area contributed by atoms with Gasteiger partial charge in [-0.1, -0.05) is 89.8 Å². The molecule has 0 bridgehead atoms. The zero-order chi connectivity index (χ0) is 20.1. The van der Waals surface area contributed by atoms with Gasteiger partial charge in [-0.3, -0.25) is 10.1 Å². The average molecular weight is 422 g/mol. The zero-order valence-corrected chi connectivity index (χ0v) is 17.4. The van der Waals surface area contributed by atoms with E-state index in [2.05, 4.69) is 27.6 Å². The molecule has 1 heterocycles. The molecule has 0 spiro atoms. The average Bonchev–Trinajstić information content (AvgIpc) is 3.20. The zero-order valence-electron chi connectivity index (χ0n) is 15.7. The van der Waals surface area contributed by atoms with E-state index in [-0.39, 0.29) is 5.91 Å². The number of carbonyl (C=O) groups is 1. The third kappa shape index (κ3) is 4.93. The maximum Gasteiger partial charge on any atom is 0.266 e. The number of ether oxygens (including phenoxy) is 1. The summed E-state index contributed by atoms with van der Waals surface area (Å²) in [6.45, 7) is 1.73. The lowest BCUT2D eigenvalue weighted by Crippen LogP contribution is -2.30. The standard InChI is InChI=1S/C22H19N3O2S2/c1-15(27-19-13-7-11-17-10-5-6-12-18(17)19)20(26)23-21-24-25-22(29-21)28-14-16-8-3-2-4-9-16/h2-13,15H,14H2,1H3,(H,23,24,26). The van der Waals surface area contributed by atoms with Gasteiger partial charge in [0.05, 0.1) is 0 Å². The highest BCUT2D eigenvalue weighted by Gasteiger charge is 2.18. The van der Waals surface area contributed by atoms with Crippen LogP contribution in [0, 0.1) is 0 Å². The summed E-state index contributed by atoms with van der Waals surface area (Å²) in [5.41, 5.74) is 1.22. The molecule has 4 rings (SSSR count). The molecule has 0 aliphatic carbocycles. The van der Waals surface area contributed by atoms with Crippen LogP contribution in [0.1, 0.15) is 12.5 Å². The van der Waals surface area contributed by atoms with Gasteiger partial charge in [-0.2, -0.15) is 0 Å². The van der Waals surface area contributed by atoms with Gasteiger partial charge < -0.3 is 4.74 Å². The molecule has 7 heteroatoms. The van der Waals surface area contributed by atoms with Crippen LogP contribution in [0.25, 0.3) is 10.8 Å². The number of thioether (sulfide) groups is 1. The lowest BCUT2D eigenvalue weighted by atomic mass is 10.1. The van der Waals surface area contributed by atoms with Gasteiger partial charge >= 0.3 is 0 Å². The molecule has 0 aliphatic heterocycles. The van der Waals surface area contributed by atoms with Gasteiger partial charge in [0.2, 0.25) is 5.13 Å². The number of rotatable bonds is 7. The topological polar surface area (TPSA) is 64.1 Å². The third-order valence-corrected chi connectivity index (χ3v) is 6.31. The van der Waals surface area contributed by atoms with Gasteiger partial charge in [0, 0.05) is 11.1 Å². The number of nitrogens with one attached hydrogen (secondary N) is 1. The molecule has 0 fully saturated rings. The number of fused-ring (bicyclic) bond motifs is 1. The van der Waals surface area contributed by atoms with Crippen molar-refractivity contribution in [3.05, 3.63) is 78.4 Å². The monoisotopic (exact) mass is 421 g/mol. The van der Waals surface area contributed by atoms with Crippen molar-refractivity contribution in [1.82, 2.24) is 10.2 Å². The quantitative estimate of drug-likeness (QED) is 0.320. The van der Waals surface area contributed by atoms with E-state index in [9.17, 15) is 4.79 Å². The van der Waals surface area contributed by atoms with E-state index in [1.807, 2.05) is 60.7 Å². The number of nitrogens with zero attached hydrogens (tertiary/aromatic N) is 2. The minimum Gasteiger partial charge on any atom is -0.480 e. The smallest absolute Gasteiger partial charge is 0.266 e. The van der Waals surface area contributed by atoms with Gasteiger partial charge in [-0.05, 0) is 23.9 Å². The van der Waals surface area contributed by atoms with Crippen LogP contribution >= 0.6 is 23.1 Å². The van der Waals surface area contributed by atoms with Crippen LogP contribution in [-0.2, 0) is 10.5 Å². The first-order valence-electron chi connectivity index (χ1n) is 9.14. The normalized spacial score (nSPS) is 11.9. The van der Waals surface area contributed by atoms with Gasteiger partial charge in [0.15, 0.2) is 10.4 Å². The summed E-state index contributed by atoms with van der Waals surface area (Å²) >= 11 is 2.96. The summed E-state index contributed by atoms with van der Waals surface area (Å²) < 4.78 is 6.72. The molecule has 0 radical (unpaired) electrons. The lowest BCUT2D eigenvalue weighted by Gasteiger charge is -2.15. The minimum atomic E-state index is -0.662. The van der Waals surface area contributed by atoms with Crippen LogP contribution in [0.2, 0.25) is 0 Å². The van der Waals surface area contributed by atoms with Crippen molar-refractivity contribution in [2.45, 2.75) is 23.1 Å². The molecular weight excluding hydrogens is 402 g/mol. The summed E-state index contributed by atoms with van der Waals surface area (Å²) in [7, 11) is 0. The number of hydrogen-bond donors (Lipinski definition) is 1. The number of aromatic nitrogens is 2. The summed E-state index contributed by atoms with van der Waals surface area (Å²) in [5, 5.41) is 13.5. The first kappa shape index (κ1) is 19.4. The van der Waals surface area contributed by atoms with Gasteiger partial charge in [-0.25, -0.2) is 0 Å². The van der Waals surface area contributed by atoms with Gasteiger partial charge in [-0.15, -0.1) is 10.2 Å². The maximum atomic E-state index is 12.5. The summed E-state index contributed by atoms with van der Waals surface area (Å²) in [6.07, 6.45) is -0.662. The SMILES string of the molecule is CC(Oc1cccc2ccccc12)C(=O)Nc1nnc(SCc2ccccc2)s1. The van der Waals surface area contributed by atoms with E-state index in [4.69, 9.17) is 4.74 Å². The number of anilines is 1. The van der Waals surface area contributed by atoms with Crippen molar-refractivity contribution < 1.29 is 9.53 Å². The van der Waals surface area contributed by atoms with Crippen LogP contribution in [0.4, 0.5) is 5.13 Å². The highest BCUT2D eigenvalue weighted by molar-refractivity contribution is 8.00. The Kier molecular flexibility index (Phi) is 6.07. The molecule has 146 valence electrons. The fraction of sp³-hybridized carbons (Fsp3) is 0.136. The predicted octanol–water partition coefficient (Wildman–Crippen LogP) is 5.39. The second-order valence-corrected chi connectivity index (χ2v) is 8.57. The molecule has 1 N–H and O–H groups in total. The second-order valence-electron chi connectivity index (χ2n) is 6.37. The molecule has 29 heavy (non-hydrogen) atoms. The Bertz CT molecular complexity index is 1110. The van der Waals surface area contributed by atoms with E-state index >= 15 is 0 Å². The van der Waals surface area contributed by atoms with E-state index < -0.39 is 6.10 Å². The molecule has 0 saturated carbocycles. The van der Waals surface area contributed by atoms with Crippen LogP contribution in [0.5, 0.6) is 5.75 Å². The molecule has 0 saturated heterocycles. The van der Waals surface area contributed by atoms with Crippen molar-refractivity contribution in [2.75, 3.05) is 5.32 Å². The second kappa shape index (κ2) is 9.07. The first-order valence-corrected chi connectivity index (χ1v) is 10.9. The van der Waals surface area contributed by atoms with Crippen molar-refractivity contribution in [1.29, 1.82) is 0 Å². The van der Waals surface area contributed by atoms with Crippen molar-refractivity contribution in [3.63, 3.8) is 0 Å². The third-order valence-electron chi connectivity index (χ3n) is 4.26. The van der Waals surface area contributed by atoms with Gasteiger partial charge in [0.1, 0.15) is 5.75 Å². The number of hydrogen-bond acceptors (Lipinski definition) is 6. The van der Waals surface area contributed by atoms with Crippen LogP contribution in [-0.4, -0.2) is 22.2 Å². The molecule has 5 nitrogen and oxygen atoms in total. The van der Waals surface area contributed by atoms with E-state index in [0.29, 0.717) is 10.9 Å². The fourth-order valence-corrected chi connectivity index (χ4v) is 4.50. The molecule has 3 aromatic carbocycles. The fourth-order valence-electron chi connectivity index (χ4n) is 2.79. The maximum absolute atomic E-state index is 12.5. The molecule has 0 aliphatic rings. The van der Waals surface area contributed by atoms with Crippen molar-refractivity contribution in [3.8, 4) is 5.75 Å². The number of carbonyl (C=O) groups excluding carboxylic acids is 1. The highest BCUT2D eigenvalue weighted by Crippen LogP contribution is 2.29. The van der Waals surface area contributed by atoms with Crippen molar-refractivity contribution in [2.24, 2.45) is 0 Å². The van der Waals surface area contributed by atoms with Crippen LogP contribution in [0.3, 0.4) is 0 Å². The van der Waals surface area contributed by atoms with Crippen molar-refractivity contribution >= 4 is 44.9 Å². The lowest BCUT2D eigenvalue weighted by molar-refractivity contribution is -0.122. The van der Waals surface area contributed by atoms with Crippen LogP contribution < -0.4 is 10.1 Å². The molecule has 1 atom stereocenters. The molecule has 1 amide bonds. The molecular formula is C22H19N3O2S2. The summed E-state index contributed by atoms with van der Waals surface area (Å²) in [4.78, 5) is 12.5. The van der Waals surface area contributed by atoms with E-state index in [1.165, 1.54) is 16.9 Å². The molecule has 1 unspecified atom stereocenters. The van der Waals surface area contributed by atoms with E-state index in [0.717, 1.165) is 20.9 Å². The largest absolute Gasteiger partial charge is 0.480 e. The predicted molar refractivity (Wildman–Crippen MR) is 119 cm³/mol. The Morgan fingerprint density at radius 1 is 1.03 bits per heavy atom. The highest BCUT2D eigenvalue weighted by atomic mass is 32.2. The Balaban J connectivity index is 1.36.